The topological polar surface area (TPSA) is 0 Å². The van der Waals surface area contributed by atoms with Crippen LogP contribution in [0, 0.1) is 11.8 Å². The van der Waals surface area contributed by atoms with Gasteiger partial charge in [-0.05, 0) is 18.3 Å². The smallest absolute Gasteiger partial charge is 0.0412 e. The van der Waals surface area contributed by atoms with E-state index in [1.807, 2.05) is 0 Å². The molecule has 78 heavy (non-hydrogen) atoms. The van der Waals surface area contributed by atoms with Crippen molar-refractivity contribution in [2.75, 3.05) is 0 Å². The Labute approximate surface area is 499 Å². The van der Waals surface area contributed by atoms with Gasteiger partial charge >= 0.3 is 0 Å². The Balaban J connectivity index is 4.04. The molecule has 0 aliphatic carbocycles. The summed E-state index contributed by atoms with van der Waals surface area (Å²) in [4.78, 5) is 0. The Morgan fingerprint density at radius 1 is 0.141 bits per heavy atom. The van der Waals surface area contributed by atoms with Crippen LogP contribution in [-0.4, -0.2) is 0 Å². The van der Waals surface area contributed by atoms with Crippen LogP contribution < -0.4 is 0 Å². The summed E-state index contributed by atoms with van der Waals surface area (Å²) in [5.74, 6) is 1.94. The average Bonchev–Trinajstić information content (AvgIpc) is 3.44. The summed E-state index contributed by atoms with van der Waals surface area (Å²) < 4.78 is 0. The van der Waals surface area contributed by atoms with Crippen molar-refractivity contribution in [3.05, 3.63) is 0 Å². The molecule has 0 fully saturated rings. The lowest BCUT2D eigenvalue weighted by molar-refractivity contribution is 0.312. The molecular weight excluding hydrogens is 937 g/mol. The van der Waals surface area contributed by atoms with E-state index in [4.69, 9.17) is 0 Å². The standard InChI is InChI=1S/C78H158/c1-5-8-11-14-17-20-23-26-29-32-35-38-39-40-41-42-43-45-46-49-52-55-58-61-64-67-70-73-77(4)76-78(74-71-68-65-62-59-56-53-50-47-37-34-31-28-25-22-19-16-13-10-7-3)75-72-69-66-63-60-57-54-51-48-44-36-33-30-27-24-21-18-15-12-9-6-2/h77-78H,5-76H2,1-4H3. The Morgan fingerprint density at radius 2 is 0.256 bits per heavy atom. The van der Waals surface area contributed by atoms with E-state index in [0.717, 1.165) is 11.8 Å². The lowest BCUT2D eigenvalue weighted by atomic mass is 9.85. The predicted molar refractivity (Wildman–Crippen MR) is 362 cm³/mol. The maximum absolute atomic E-state index is 2.63. The summed E-state index contributed by atoms with van der Waals surface area (Å²) in [6.07, 6.45) is 107. The molecule has 0 spiro atoms. The van der Waals surface area contributed by atoms with Crippen molar-refractivity contribution in [1.82, 2.24) is 0 Å². The van der Waals surface area contributed by atoms with Crippen molar-refractivity contribution in [2.24, 2.45) is 11.8 Å². The van der Waals surface area contributed by atoms with Crippen molar-refractivity contribution in [2.45, 2.75) is 490 Å². The molecule has 0 aliphatic heterocycles. The number of unbranched alkanes of at least 4 members (excludes halogenated alkanes) is 65. The van der Waals surface area contributed by atoms with Crippen molar-refractivity contribution in [3.8, 4) is 0 Å². The summed E-state index contributed by atoms with van der Waals surface area (Å²) >= 11 is 0. The minimum absolute atomic E-state index is 0.939. The van der Waals surface area contributed by atoms with Crippen LogP contribution in [0.2, 0.25) is 0 Å². The molecule has 0 amide bonds. The van der Waals surface area contributed by atoms with Crippen LogP contribution in [0.5, 0.6) is 0 Å². The molecule has 0 bridgehead atoms. The first kappa shape index (κ1) is 78.0. The Bertz CT molecular complexity index is 981. The van der Waals surface area contributed by atoms with Crippen molar-refractivity contribution >= 4 is 0 Å². The third kappa shape index (κ3) is 70.3. The molecular formula is C78H158. The normalized spacial score (nSPS) is 12.6. The van der Waals surface area contributed by atoms with Gasteiger partial charge in [0.25, 0.3) is 0 Å². The number of hydrogen-bond acceptors (Lipinski definition) is 0. The van der Waals surface area contributed by atoms with Crippen molar-refractivity contribution < 1.29 is 0 Å². The monoisotopic (exact) mass is 1100 g/mol. The van der Waals surface area contributed by atoms with Gasteiger partial charge in [0.1, 0.15) is 0 Å². The third-order valence-corrected chi connectivity index (χ3v) is 19.2. The van der Waals surface area contributed by atoms with Crippen LogP contribution in [0.15, 0.2) is 0 Å². The van der Waals surface area contributed by atoms with Crippen LogP contribution in [-0.2, 0) is 0 Å². The molecule has 0 aromatic heterocycles. The van der Waals surface area contributed by atoms with Gasteiger partial charge in [0, 0.05) is 0 Å². The van der Waals surface area contributed by atoms with E-state index in [1.54, 1.807) is 0 Å². The second-order valence-electron chi connectivity index (χ2n) is 27.6. The van der Waals surface area contributed by atoms with Crippen molar-refractivity contribution in [1.29, 1.82) is 0 Å². The molecule has 2 atom stereocenters. The quantitative estimate of drug-likeness (QED) is 0.0533. The number of rotatable bonds is 73. The highest BCUT2D eigenvalue weighted by atomic mass is 14.2. The number of hydrogen-bond donors (Lipinski definition) is 0. The summed E-state index contributed by atoms with van der Waals surface area (Å²) in [5, 5.41) is 0. The molecule has 470 valence electrons. The molecule has 0 N–H and O–H groups in total. The van der Waals surface area contributed by atoms with Gasteiger partial charge < -0.3 is 0 Å². The van der Waals surface area contributed by atoms with Crippen molar-refractivity contribution in [3.63, 3.8) is 0 Å². The van der Waals surface area contributed by atoms with E-state index in [2.05, 4.69) is 27.7 Å². The van der Waals surface area contributed by atoms with E-state index in [-0.39, 0.29) is 0 Å². The largest absolute Gasteiger partial charge is 0.0654 e. The maximum Gasteiger partial charge on any atom is -0.0412 e. The second-order valence-corrected chi connectivity index (χ2v) is 27.6. The highest BCUT2D eigenvalue weighted by molar-refractivity contribution is 4.67. The van der Waals surface area contributed by atoms with Gasteiger partial charge in [-0.2, -0.15) is 0 Å². The van der Waals surface area contributed by atoms with Crippen LogP contribution in [0.1, 0.15) is 490 Å². The summed E-state index contributed by atoms with van der Waals surface area (Å²) in [7, 11) is 0. The molecule has 0 aliphatic rings. The molecule has 0 nitrogen and oxygen atoms in total. The lowest BCUT2D eigenvalue weighted by Gasteiger charge is -2.21. The van der Waals surface area contributed by atoms with Gasteiger partial charge in [0.15, 0.2) is 0 Å². The van der Waals surface area contributed by atoms with E-state index >= 15 is 0 Å². The van der Waals surface area contributed by atoms with E-state index in [9.17, 15) is 0 Å². The zero-order valence-electron chi connectivity index (χ0n) is 56.1. The zero-order valence-corrected chi connectivity index (χ0v) is 56.1. The summed E-state index contributed by atoms with van der Waals surface area (Å²) in [6.45, 7) is 9.59. The van der Waals surface area contributed by atoms with Gasteiger partial charge in [-0.25, -0.2) is 0 Å². The molecule has 0 heteroatoms. The van der Waals surface area contributed by atoms with Gasteiger partial charge in [-0.1, -0.05) is 484 Å². The first-order valence-electron chi connectivity index (χ1n) is 38.7. The lowest BCUT2D eigenvalue weighted by Crippen LogP contribution is -2.08. The molecule has 0 rings (SSSR count). The minimum atomic E-state index is 0.939. The second kappa shape index (κ2) is 73.1. The third-order valence-electron chi connectivity index (χ3n) is 19.2. The average molecular weight is 1100 g/mol. The van der Waals surface area contributed by atoms with Crippen LogP contribution >= 0.6 is 0 Å². The summed E-state index contributed by atoms with van der Waals surface area (Å²) in [6, 6.07) is 0. The first-order valence-corrected chi connectivity index (χ1v) is 38.7. The van der Waals surface area contributed by atoms with Gasteiger partial charge in [0.05, 0.1) is 0 Å². The van der Waals surface area contributed by atoms with Crippen LogP contribution in [0.4, 0.5) is 0 Å². The summed E-state index contributed by atoms with van der Waals surface area (Å²) in [5.41, 5.74) is 0. The van der Waals surface area contributed by atoms with E-state index in [1.165, 1.54) is 462 Å². The fraction of sp³-hybridized carbons (Fsp3) is 1.00. The molecule has 0 aromatic rings. The first-order chi connectivity index (χ1) is 38.7. The predicted octanol–water partition coefficient (Wildman–Crippen LogP) is 30.4. The fourth-order valence-corrected chi connectivity index (χ4v) is 13.6. The van der Waals surface area contributed by atoms with E-state index < -0.39 is 0 Å². The zero-order chi connectivity index (χ0) is 56.1. The fourth-order valence-electron chi connectivity index (χ4n) is 13.6. The molecule has 0 saturated carbocycles. The molecule has 0 aromatic carbocycles. The minimum Gasteiger partial charge on any atom is -0.0654 e. The van der Waals surface area contributed by atoms with Gasteiger partial charge in [-0.3, -0.25) is 0 Å². The molecule has 2 unspecified atom stereocenters. The Kier molecular flexibility index (Phi) is 73.1. The van der Waals surface area contributed by atoms with Gasteiger partial charge in [-0.15, -0.1) is 0 Å². The van der Waals surface area contributed by atoms with E-state index in [0.29, 0.717) is 0 Å². The Morgan fingerprint density at radius 3 is 0.397 bits per heavy atom. The highest BCUT2D eigenvalue weighted by Crippen LogP contribution is 2.29. The highest BCUT2D eigenvalue weighted by Gasteiger charge is 2.14. The van der Waals surface area contributed by atoms with Crippen LogP contribution in [0.3, 0.4) is 0 Å². The molecule has 0 saturated heterocycles. The molecule has 0 radical (unpaired) electrons. The Hall–Kier alpha value is 0. The van der Waals surface area contributed by atoms with Crippen LogP contribution in [0.25, 0.3) is 0 Å². The maximum atomic E-state index is 2.63. The molecule has 0 heterocycles. The van der Waals surface area contributed by atoms with Gasteiger partial charge in [0.2, 0.25) is 0 Å². The SMILES string of the molecule is CCCCCCCCCCCCCCCCCCCCCCCCCCCCCC(C)CC(CCCCCCCCCCCCCCCCCCCCCC)CCCCCCCCCCCCCCCCCCCCCCC.